The minimum Gasteiger partial charge on any atom is -0.481 e. The van der Waals surface area contributed by atoms with Gasteiger partial charge in [0.25, 0.3) is 0 Å². The lowest BCUT2D eigenvalue weighted by molar-refractivity contribution is -0.226. The van der Waals surface area contributed by atoms with E-state index in [1.165, 1.54) is 0 Å². The highest BCUT2D eigenvalue weighted by Gasteiger charge is 2.52. The predicted molar refractivity (Wildman–Crippen MR) is 58.7 cm³/mol. The number of carbonyl (C=O) groups is 1. The van der Waals surface area contributed by atoms with Crippen molar-refractivity contribution >= 4 is 5.97 Å². The zero-order valence-corrected chi connectivity index (χ0v) is 9.82. The molecular weight excluding hydrogens is 246 g/mol. The molecule has 0 unspecified atom stereocenters. The Kier molecular flexibility index (Phi) is 5.45. The zero-order chi connectivity index (χ0) is 13.8. The fraction of sp³-hybridized carbons (Fsp3) is 0.900. The molecule has 1 aliphatic rings. The first-order valence-corrected chi connectivity index (χ1v) is 5.70. The molecule has 0 aromatic rings. The molecular formula is C10H19NO7. The van der Waals surface area contributed by atoms with Crippen LogP contribution in [0.25, 0.3) is 0 Å². The summed E-state index contributed by atoms with van der Waals surface area (Å²) < 4.78 is 4.98. The lowest BCUT2D eigenvalue weighted by Crippen LogP contribution is -2.50. The van der Waals surface area contributed by atoms with Gasteiger partial charge in [-0.15, -0.1) is 0 Å². The van der Waals surface area contributed by atoms with Crippen LogP contribution < -0.4 is 5.32 Å². The summed E-state index contributed by atoms with van der Waals surface area (Å²) in [7, 11) is 0. The van der Waals surface area contributed by atoms with Crippen LogP contribution in [0.1, 0.15) is 12.8 Å². The molecule has 0 amide bonds. The van der Waals surface area contributed by atoms with Crippen LogP contribution in [0.4, 0.5) is 0 Å². The van der Waals surface area contributed by atoms with E-state index in [1.54, 1.807) is 0 Å². The van der Waals surface area contributed by atoms with E-state index in [1.807, 2.05) is 0 Å². The monoisotopic (exact) mass is 265 g/mol. The third-order valence-corrected chi connectivity index (χ3v) is 2.82. The molecule has 1 heterocycles. The zero-order valence-electron chi connectivity index (χ0n) is 9.82. The van der Waals surface area contributed by atoms with E-state index in [2.05, 4.69) is 5.32 Å². The van der Waals surface area contributed by atoms with Crippen LogP contribution in [0.3, 0.4) is 0 Å². The first kappa shape index (κ1) is 15.3. The molecule has 1 fully saturated rings. The van der Waals surface area contributed by atoms with Crippen molar-refractivity contribution in [1.29, 1.82) is 0 Å². The number of aliphatic carboxylic acids is 1. The van der Waals surface area contributed by atoms with E-state index >= 15 is 0 Å². The summed E-state index contributed by atoms with van der Waals surface area (Å²) in [6.07, 6.45) is -3.56. The van der Waals surface area contributed by atoms with Crippen LogP contribution in [-0.2, 0) is 9.53 Å². The van der Waals surface area contributed by atoms with Gasteiger partial charge in [0.15, 0.2) is 0 Å². The molecule has 0 saturated carbocycles. The van der Waals surface area contributed by atoms with Gasteiger partial charge in [-0.1, -0.05) is 0 Å². The minimum atomic E-state index is -1.98. The summed E-state index contributed by atoms with van der Waals surface area (Å²) in [5, 5.41) is 49.0. The Balaban J connectivity index is 2.34. The normalized spacial score (nSPS) is 35.9. The summed E-state index contributed by atoms with van der Waals surface area (Å²) >= 11 is 0. The molecule has 0 aromatic carbocycles. The molecule has 1 rings (SSSR count). The maximum atomic E-state index is 10.3. The molecule has 4 atom stereocenters. The van der Waals surface area contributed by atoms with Crippen LogP contribution in [0.15, 0.2) is 0 Å². The Morgan fingerprint density at radius 1 is 1.39 bits per heavy atom. The van der Waals surface area contributed by atoms with Crippen molar-refractivity contribution in [2.24, 2.45) is 0 Å². The Morgan fingerprint density at radius 3 is 2.56 bits per heavy atom. The summed E-state index contributed by atoms with van der Waals surface area (Å²) in [6.45, 7) is -0.356. The number of aliphatic hydroxyl groups excluding tert-OH is 3. The number of nitrogens with one attached hydrogen (secondary N) is 1. The number of hydrogen-bond acceptors (Lipinski definition) is 7. The highest BCUT2D eigenvalue weighted by Crippen LogP contribution is 2.28. The van der Waals surface area contributed by atoms with Crippen LogP contribution >= 0.6 is 0 Å². The topological polar surface area (TPSA) is 139 Å². The average molecular weight is 265 g/mol. The molecule has 0 bridgehead atoms. The third-order valence-electron chi connectivity index (χ3n) is 2.82. The van der Waals surface area contributed by atoms with Gasteiger partial charge in [0.2, 0.25) is 5.79 Å². The van der Waals surface area contributed by atoms with Crippen LogP contribution in [0, 0.1) is 0 Å². The predicted octanol–water partition coefficient (Wildman–Crippen LogP) is -2.76. The highest BCUT2D eigenvalue weighted by atomic mass is 16.7. The molecule has 8 heteroatoms. The molecule has 0 radical (unpaired) electrons. The molecule has 0 spiro atoms. The first-order valence-electron chi connectivity index (χ1n) is 5.70. The van der Waals surface area contributed by atoms with Crippen molar-refractivity contribution in [3.63, 3.8) is 0 Å². The smallest absolute Gasteiger partial charge is 0.303 e. The number of aliphatic hydroxyl groups is 4. The Bertz CT molecular complexity index is 287. The summed E-state index contributed by atoms with van der Waals surface area (Å²) in [6, 6.07) is 0. The van der Waals surface area contributed by atoms with Crippen molar-refractivity contribution in [1.82, 2.24) is 5.32 Å². The van der Waals surface area contributed by atoms with Gasteiger partial charge in [0.1, 0.15) is 18.3 Å². The van der Waals surface area contributed by atoms with E-state index in [0.717, 1.165) is 0 Å². The lowest BCUT2D eigenvalue weighted by Gasteiger charge is -2.26. The summed E-state index contributed by atoms with van der Waals surface area (Å²) in [5.41, 5.74) is 0. The van der Waals surface area contributed by atoms with Crippen molar-refractivity contribution < 1.29 is 35.1 Å². The second-order valence-corrected chi connectivity index (χ2v) is 4.29. The van der Waals surface area contributed by atoms with Gasteiger partial charge >= 0.3 is 5.97 Å². The Hall–Kier alpha value is -0.770. The molecule has 1 saturated heterocycles. The van der Waals surface area contributed by atoms with E-state index in [9.17, 15) is 20.1 Å². The average Bonchev–Trinajstić information content (AvgIpc) is 2.53. The number of carboxylic acids is 1. The fourth-order valence-corrected chi connectivity index (χ4v) is 1.80. The maximum Gasteiger partial charge on any atom is 0.303 e. The van der Waals surface area contributed by atoms with Crippen molar-refractivity contribution in [3.05, 3.63) is 0 Å². The van der Waals surface area contributed by atoms with E-state index in [0.29, 0.717) is 13.0 Å². The summed E-state index contributed by atoms with van der Waals surface area (Å²) in [4.78, 5) is 10.3. The van der Waals surface area contributed by atoms with Gasteiger partial charge < -0.3 is 35.6 Å². The van der Waals surface area contributed by atoms with Gasteiger partial charge in [0.05, 0.1) is 13.2 Å². The van der Waals surface area contributed by atoms with Crippen LogP contribution in [-0.4, -0.2) is 75.3 Å². The Morgan fingerprint density at radius 2 is 2.06 bits per heavy atom. The van der Waals surface area contributed by atoms with Gasteiger partial charge in [-0.25, -0.2) is 0 Å². The maximum absolute atomic E-state index is 10.3. The molecule has 8 nitrogen and oxygen atoms in total. The second-order valence-electron chi connectivity index (χ2n) is 4.29. The molecule has 1 aliphatic heterocycles. The Labute approximate surface area is 104 Å². The van der Waals surface area contributed by atoms with Crippen molar-refractivity contribution in [2.45, 2.75) is 36.9 Å². The number of carboxylic acid groups (broad SMARTS) is 1. The standard InChI is InChI=1S/C10H19NO7/c12-4-6-8(15)9(16)10(17,18-6)5-11-3-1-2-7(13)14/h6,8-9,11-12,15-17H,1-5H2,(H,13,14)/t6-,8-,9+,10-/m1/s1. The lowest BCUT2D eigenvalue weighted by atomic mass is 10.1. The van der Waals surface area contributed by atoms with Crippen molar-refractivity contribution in [3.8, 4) is 0 Å². The van der Waals surface area contributed by atoms with Crippen LogP contribution in [0.5, 0.6) is 0 Å². The molecule has 0 aromatic heterocycles. The summed E-state index contributed by atoms with van der Waals surface area (Å²) in [5.74, 6) is -2.89. The quantitative estimate of drug-likeness (QED) is 0.272. The van der Waals surface area contributed by atoms with Gasteiger partial charge in [0, 0.05) is 6.42 Å². The van der Waals surface area contributed by atoms with E-state index in [4.69, 9.17) is 14.9 Å². The SMILES string of the molecule is O=C(O)CCCNC[C@@]1(O)O[C@H](CO)[C@@H](O)[C@@H]1O. The molecule has 18 heavy (non-hydrogen) atoms. The number of ether oxygens (including phenoxy) is 1. The van der Waals surface area contributed by atoms with Crippen LogP contribution in [0.2, 0.25) is 0 Å². The largest absolute Gasteiger partial charge is 0.481 e. The van der Waals surface area contributed by atoms with E-state index < -0.39 is 36.7 Å². The van der Waals surface area contributed by atoms with Gasteiger partial charge in [-0.05, 0) is 13.0 Å². The van der Waals surface area contributed by atoms with Gasteiger partial charge in [-0.3, -0.25) is 4.79 Å². The first-order chi connectivity index (χ1) is 8.40. The highest BCUT2D eigenvalue weighted by molar-refractivity contribution is 5.66. The number of hydrogen-bond donors (Lipinski definition) is 6. The minimum absolute atomic E-state index is 0.00324. The van der Waals surface area contributed by atoms with Gasteiger partial charge in [-0.2, -0.15) is 0 Å². The third kappa shape index (κ3) is 3.61. The van der Waals surface area contributed by atoms with Crippen molar-refractivity contribution in [2.75, 3.05) is 19.7 Å². The number of rotatable bonds is 7. The molecule has 106 valence electrons. The fourth-order valence-electron chi connectivity index (χ4n) is 1.80. The molecule has 0 aliphatic carbocycles. The second kappa shape index (κ2) is 6.41. The molecule has 6 N–H and O–H groups in total. The van der Waals surface area contributed by atoms with E-state index in [-0.39, 0.29) is 13.0 Å².